The highest BCUT2D eigenvalue weighted by Gasteiger charge is 2.32. The van der Waals surface area contributed by atoms with Gasteiger partial charge in [-0.05, 0) is 19.8 Å². The Kier molecular flexibility index (Phi) is 6.51. The van der Waals surface area contributed by atoms with Gasteiger partial charge in [0.1, 0.15) is 0 Å². The van der Waals surface area contributed by atoms with Gasteiger partial charge in [-0.15, -0.1) is 11.8 Å². The molecule has 2 unspecified atom stereocenters. The highest BCUT2D eigenvalue weighted by molar-refractivity contribution is 8.07. The van der Waals surface area contributed by atoms with Gasteiger partial charge in [0.25, 0.3) is 0 Å². The SMILES string of the molecule is CCc1nn(CC)c(CC(=O)C2SCCSC2CC)c1Cl. The molecule has 0 N–H and O–H groups in total. The van der Waals surface area contributed by atoms with Gasteiger partial charge in [-0.25, -0.2) is 0 Å². The Morgan fingerprint density at radius 2 is 2.05 bits per heavy atom. The smallest absolute Gasteiger partial charge is 0.152 e. The number of hydrogen-bond donors (Lipinski definition) is 0. The van der Waals surface area contributed by atoms with E-state index in [4.69, 9.17) is 11.6 Å². The number of hydrogen-bond acceptors (Lipinski definition) is 4. The lowest BCUT2D eigenvalue weighted by atomic mass is 10.1. The van der Waals surface area contributed by atoms with E-state index in [0.717, 1.165) is 42.3 Å². The first-order valence-electron chi connectivity index (χ1n) is 7.62. The molecule has 1 fully saturated rings. The third kappa shape index (κ3) is 3.80. The van der Waals surface area contributed by atoms with E-state index in [0.29, 0.717) is 22.5 Å². The minimum absolute atomic E-state index is 0.107. The fourth-order valence-corrected chi connectivity index (χ4v) is 6.03. The number of rotatable bonds is 6. The molecular formula is C15H23ClN2OS2. The zero-order valence-corrected chi connectivity index (χ0v) is 15.3. The molecule has 0 radical (unpaired) electrons. The first-order valence-corrected chi connectivity index (χ1v) is 10.1. The van der Waals surface area contributed by atoms with Gasteiger partial charge in [-0.1, -0.05) is 25.4 Å². The third-order valence-electron chi connectivity index (χ3n) is 3.81. The number of aromatic nitrogens is 2. The Bertz CT molecular complexity index is 504. The van der Waals surface area contributed by atoms with Crippen molar-refractivity contribution >= 4 is 40.9 Å². The highest BCUT2D eigenvalue weighted by Crippen LogP contribution is 2.35. The lowest BCUT2D eigenvalue weighted by Crippen LogP contribution is -2.34. The van der Waals surface area contributed by atoms with E-state index in [2.05, 4.69) is 12.0 Å². The van der Waals surface area contributed by atoms with Crippen LogP contribution in [0.25, 0.3) is 0 Å². The molecule has 0 amide bonds. The molecule has 1 aromatic heterocycles. The van der Waals surface area contributed by atoms with Gasteiger partial charge in [0.05, 0.1) is 28.1 Å². The van der Waals surface area contributed by atoms with Crippen LogP contribution in [0.1, 0.15) is 38.6 Å². The number of carbonyl (C=O) groups excluding carboxylic acids is 1. The summed E-state index contributed by atoms with van der Waals surface area (Å²) < 4.78 is 1.89. The van der Waals surface area contributed by atoms with Gasteiger partial charge >= 0.3 is 0 Å². The van der Waals surface area contributed by atoms with Crippen molar-refractivity contribution in [2.75, 3.05) is 11.5 Å². The molecule has 1 aromatic rings. The van der Waals surface area contributed by atoms with E-state index in [1.807, 2.05) is 42.1 Å². The molecule has 1 aliphatic heterocycles. The van der Waals surface area contributed by atoms with Crippen LogP contribution in [0.15, 0.2) is 0 Å². The van der Waals surface area contributed by atoms with Crippen molar-refractivity contribution in [3.8, 4) is 0 Å². The van der Waals surface area contributed by atoms with E-state index in [-0.39, 0.29) is 5.25 Å². The van der Waals surface area contributed by atoms with Crippen LogP contribution in [0.5, 0.6) is 0 Å². The molecular weight excluding hydrogens is 324 g/mol. The lowest BCUT2D eigenvalue weighted by molar-refractivity contribution is -0.118. The summed E-state index contributed by atoms with van der Waals surface area (Å²) in [5, 5.41) is 5.74. The summed E-state index contributed by atoms with van der Waals surface area (Å²) in [6.45, 7) is 7.01. The van der Waals surface area contributed by atoms with Gasteiger partial charge < -0.3 is 0 Å². The van der Waals surface area contributed by atoms with E-state index >= 15 is 0 Å². The molecule has 3 nitrogen and oxygen atoms in total. The molecule has 21 heavy (non-hydrogen) atoms. The van der Waals surface area contributed by atoms with Crippen LogP contribution in [0, 0.1) is 0 Å². The third-order valence-corrected chi connectivity index (χ3v) is 7.54. The van der Waals surface area contributed by atoms with Crippen LogP contribution in [0.4, 0.5) is 0 Å². The molecule has 0 spiro atoms. The van der Waals surface area contributed by atoms with Crippen LogP contribution < -0.4 is 0 Å². The topological polar surface area (TPSA) is 34.9 Å². The summed E-state index contributed by atoms with van der Waals surface area (Å²) in [7, 11) is 0. The molecule has 2 atom stereocenters. The number of thioether (sulfide) groups is 2. The van der Waals surface area contributed by atoms with Gasteiger partial charge in [0, 0.05) is 23.3 Å². The first kappa shape index (κ1) is 17.2. The monoisotopic (exact) mass is 346 g/mol. The van der Waals surface area contributed by atoms with Crippen LogP contribution in [-0.4, -0.2) is 37.6 Å². The van der Waals surface area contributed by atoms with Crippen LogP contribution >= 0.6 is 35.1 Å². The second-order valence-corrected chi connectivity index (χ2v) is 8.10. The molecule has 118 valence electrons. The van der Waals surface area contributed by atoms with Gasteiger partial charge in [-0.2, -0.15) is 16.9 Å². The summed E-state index contributed by atoms with van der Waals surface area (Å²) in [6.07, 6.45) is 2.27. The number of carbonyl (C=O) groups is 1. The molecule has 2 heterocycles. The van der Waals surface area contributed by atoms with Gasteiger partial charge in [0.15, 0.2) is 5.78 Å². The maximum atomic E-state index is 12.7. The van der Waals surface area contributed by atoms with E-state index < -0.39 is 0 Å². The summed E-state index contributed by atoms with van der Waals surface area (Å²) in [5.41, 5.74) is 1.80. The van der Waals surface area contributed by atoms with Crippen molar-refractivity contribution in [3.63, 3.8) is 0 Å². The van der Waals surface area contributed by atoms with E-state index in [1.165, 1.54) is 0 Å². The molecule has 0 bridgehead atoms. The minimum atomic E-state index is 0.107. The largest absolute Gasteiger partial charge is 0.298 e. The van der Waals surface area contributed by atoms with Crippen molar-refractivity contribution in [1.82, 2.24) is 9.78 Å². The van der Waals surface area contributed by atoms with Crippen LogP contribution in [-0.2, 0) is 24.2 Å². The number of Topliss-reactive ketones (excluding diaryl/α,β-unsaturated/α-hetero) is 1. The number of aryl methyl sites for hydroxylation is 2. The zero-order chi connectivity index (χ0) is 15.4. The van der Waals surface area contributed by atoms with E-state index in [9.17, 15) is 4.79 Å². The predicted octanol–water partition coefficient (Wildman–Crippen LogP) is 3.86. The second-order valence-electron chi connectivity index (χ2n) is 5.13. The predicted molar refractivity (Wildman–Crippen MR) is 93.8 cm³/mol. The van der Waals surface area contributed by atoms with Gasteiger partial charge in [0.2, 0.25) is 0 Å². The second kappa shape index (κ2) is 7.93. The summed E-state index contributed by atoms with van der Waals surface area (Å²) in [5.74, 6) is 2.53. The number of ketones is 1. The van der Waals surface area contributed by atoms with E-state index in [1.54, 1.807) is 0 Å². The first-order chi connectivity index (χ1) is 10.1. The van der Waals surface area contributed by atoms with Crippen molar-refractivity contribution in [2.45, 2.75) is 57.1 Å². The Balaban J connectivity index is 2.17. The van der Waals surface area contributed by atoms with Crippen molar-refractivity contribution in [1.29, 1.82) is 0 Å². The fraction of sp³-hybridized carbons (Fsp3) is 0.733. The standard InChI is InChI=1S/C15H23ClN2OS2/c1-4-10-14(16)11(18(6-3)17-10)9-12(19)15-13(5-2)20-7-8-21-15/h13,15H,4-9H2,1-3H3. The Labute approximate surface area is 140 Å². The summed E-state index contributed by atoms with van der Waals surface area (Å²) in [4.78, 5) is 12.7. The van der Waals surface area contributed by atoms with Gasteiger partial charge in [-0.3, -0.25) is 9.48 Å². The Hall–Kier alpha value is -0.130. The highest BCUT2D eigenvalue weighted by atomic mass is 35.5. The molecule has 2 rings (SSSR count). The maximum absolute atomic E-state index is 12.7. The summed E-state index contributed by atoms with van der Waals surface area (Å²) >= 11 is 10.2. The van der Waals surface area contributed by atoms with Crippen LogP contribution in [0.3, 0.4) is 0 Å². The zero-order valence-electron chi connectivity index (χ0n) is 12.9. The minimum Gasteiger partial charge on any atom is -0.298 e. The molecule has 6 heteroatoms. The van der Waals surface area contributed by atoms with Crippen molar-refractivity contribution in [3.05, 3.63) is 16.4 Å². The molecule has 1 aliphatic rings. The summed E-state index contributed by atoms with van der Waals surface area (Å²) in [6, 6.07) is 0. The Morgan fingerprint density at radius 3 is 2.67 bits per heavy atom. The molecule has 0 saturated carbocycles. The quantitative estimate of drug-likeness (QED) is 0.783. The number of nitrogens with zero attached hydrogens (tertiary/aromatic N) is 2. The lowest BCUT2D eigenvalue weighted by Gasteiger charge is -2.28. The van der Waals surface area contributed by atoms with Crippen LogP contribution in [0.2, 0.25) is 5.02 Å². The number of halogens is 1. The average molecular weight is 347 g/mol. The fourth-order valence-electron chi connectivity index (χ4n) is 2.65. The van der Waals surface area contributed by atoms with Crippen molar-refractivity contribution in [2.24, 2.45) is 0 Å². The molecule has 1 saturated heterocycles. The average Bonchev–Trinajstić information content (AvgIpc) is 2.83. The Morgan fingerprint density at radius 1 is 1.33 bits per heavy atom. The van der Waals surface area contributed by atoms with Crippen molar-refractivity contribution < 1.29 is 4.79 Å². The molecule has 0 aliphatic carbocycles. The normalized spacial score (nSPS) is 22.5. The molecule has 0 aromatic carbocycles. The maximum Gasteiger partial charge on any atom is 0.152 e.